The molecule has 1 N–H and O–H groups in total. The van der Waals surface area contributed by atoms with E-state index in [0.717, 1.165) is 12.5 Å². The van der Waals surface area contributed by atoms with E-state index in [0.29, 0.717) is 6.04 Å². The Bertz CT molecular complexity index is 202. The van der Waals surface area contributed by atoms with Crippen molar-refractivity contribution < 1.29 is 0 Å². The molecule has 0 aromatic heterocycles. The van der Waals surface area contributed by atoms with E-state index in [1.807, 2.05) is 11.8 Å². The van der Waals surface area contributed by atoms with E-state index >= 15 is 0 Å². The fraction of sp³-hybridized carbons (Fsp3) is 0.917. The first-order chi connectivity index (χ1) is 7.18. The molecule has 15 heavy (non-hydrogen) atoms. The third kappa shape index (κ3) is 6.08. The van der Waals surface area contributed by atoms with Crippen molar-refractivity contribution in [2.45, 2.75) is 52.5 Å². The summed E-state index contributed by atoms with van der Waals surface area (Å²) in [7, 11) is 0. The maximum Gasteiger partial charge on any atom is 0.156 e. The Hall–Kier alpha value is -0.180. The van der Waals surface area contributed by atoms with Crippen molar-refractivity contribution in [3.63, 3.8) is 0 Å². The van der Waals surface area contributed by atoms with E-state index in [1.54, 1.807) is 0 Å². The highest BCUT2D eigenvalue weighted by Crippen LogP contribution is 2.13. The lowest BCUT2D eigenvalue weighted by Gasteiger charge is -2.21. The molecule has 1 saturated heterocycles. The van der Waals surface area contributed by atoms with Crippen molar-refractivity contribution in [1.29, 1.82) is 0 Å². The van der Waals surface area contributed by atoms with Crippen LogP contribution < -0.4 is 5.32 Å². The van der Waals surface area contributed by atoms with Gasteiger partial charge in [0.1, 0.15) is 0 Å². The molecule has 0 aromatic rings. The molecule has 1 aliphatic heterocycles. The van der Waals surface area contributed by atoms with Crippen LogP contribution in [0.25, 0.3) is 0 Å². The van der Waals surface area contributed by atoms with Crippen LogP contribution in [-0.2, 0) is 0 Å². The molecule has 0 aromatic carbocycles. The minimum atomic E-state index is 0.612. The van der Waals surface area contributed by atoms with Crippen molar-refractivity contribution in [1.82, 2.24) is 5.32 Å². The second kappa shape index (κ2) is 7.15. The van der Waals surface area contributed by atoms with E-state index in [2.05, 4.69) is 31.1 Å². The van der Waals surface area contributed by atoms with Gasteiger partial charge in [0, 0.05) is 18.3 Å². The van der Waals surface area contributed by atoms with Gasteiger partial charge >= 0.3 is 0 Å². The lowest BCUT2D eigenvalue weighted by molar-refractivity contribution is 0.541. The zero-order valence-corrected chi connectivity index (χ0v) is 11.1. The van der Waals surface area contributed by atoms with Gasteiger partial charge in [0.25, 0.3) is 0 Å². The van der Waals surface area contributed by atoms with Gasteiger partial charge in [-0.3, -0.25) is 4.99 Å². The molecule has 0 aliphatic carbocycles. The van der Waals surface area contributed by atoms with E-state index in [1.165, 1.54) is 36.6 Å². The molecule has 1 aliphatic rings. The first-order valence-corrected chi connectivity index (χ1v) is 7.11. The standard InChI is InChI=1S/C12H24N2S/c1-10(2)6-4-5-8-13-12-14-11(3)7-9-15-12/h10-11H,4-9H2,1-3H3,(H,13,14). The van der Waals surface area contributed by atoms with Gasteiger partial charge in [-0.15, -0.1) is 0 Å². The summed E-state index contributed by atoms with van der Waals surface area (Å²) in [5, 5.41) is 4.59. The van der Waals surface area contributed by atoms with Crippen LogP contribution in [0.5, 0.6) is 0 Å². The Labute approximate surface area is 98.3 Å². The number of hydrogen-bond acceptors (Lipinski definition) is 2. The van der Waals surface area contributed by atoms with E-state index < -0.39 is 0 Å². The van der Waals surface area contributed by atoms with Gasteiger partial charge in [-0.2, -0.15) is 0 Å². The van der Waals surface area contributed by atoms with Gasteiger partial charge in [0.15, 0.2) is 5.17 Å². The average molecular weight is 228 g/mol. The third-order valence-corrected chi connectivity index (χ3v) is 3.56. The van der Waals surface area contributed by atoms with Crippen LogP contribution in [0, 0.1) is 5.92 Å². The number of aliphatic imine (C=N–C) groups is 1. The zero-order chi connectivity index (χ0) is 11.1. The third-order valence-electron chi connectivity index (χ3n) is 2.60. The fourth-order valence-corrected chi connectivity index (χ4v) is 2.73. The molecule has 0 spiro atoms. The SMILES string of the molecule is CC(C)CCCCN=C1NC(C)CCS1. The quantitative estimate of drug-likeness (QED) is 0.730. The van der Waals surface area contributed by atoms with Crippen molar-refractivity contribution in [2.75, 3.05) is 12.3 Å². The first kappa shape index (κ1) is 12.9. The molecule has 2 nitrogen and oxygen atoms in total. The Morgan fingerprint density at radius 3 is 2.93 bits per heavy atom. The first-order valence-electron chi connectivity index (χ1n) is 6.12. The lowest BCUT2D eigenvalue weighted by Crippen LogP contribution is -2.35. The van der Waals surface area contributed by atoms with Crippen LogP contribution in [0.2, 0.25) is 0 Å². The number of hydrogen-bond donors (Lipinski definition) is 1. The Morgan fingerprint density at radius 2 is 2.27 bits per heavy atom. The van der Waals surface area contributed by atoms with E-state index in [4.69, 9.17) is 0 Å². The van der Waals surface area contributed by atoms with Crippen LogP contribution in [0.15, 0.2) is 4.99 Å². The molecular weight excluding hydrogens is 204 g/mol. The summed E-state index contributed by atoms with van der Waals surface area (Å²) >= 11 is 1.87. The van der Waals surface area contributed by atoms with Gasteiger partial charge in [0.05, 0.1) is 0 Å². The van der Waals surface area contributed by atoms with Gasteiger partial charge in [0.2, 0.25) is 0 Å². The highest BCUT2D eigenvalue weighted by molar-refractivity contribution is 8.13. The Morgan fingerprint density at radius 1 is 1.47 bits per heavy atom. The molecule has 3 heteroatoms. The summed E-state index contributed by atoms with van der Waals surface area (Å²) < 4.78 is 0. The number of amidine groups is 1. The summed E-state index contributed by atoms with van der Waals surface area (Å²) in [6.07, 6.45) is 5.14. The summed E-state index contributed by atoms with van der Waals surface area (Å²) in [5.74, 6) is 2.05. The number of nitrogens with one attached hydrogen (secondary N) is 1. The summed E-state index contributed by atoms with van der Waals surface area (Å²) in [5.41, 5.74) is 0. The molecule has 0 bridgehead atoms. The molecule has 1 fully saturated rings. The second-order valence-corrected chi connectivity index (χ2v) is 5.84. The van der Waals surface area contributed by atoms with E-state index in [-0.39, 0.29) is 0 Å². The Balaban J connectivity index is 2.09. The number of nitrogens with zero attached hydrogens (tertiary/aromatic N) is 1. The predicted octanol–water partition coefficient (Wildman–Crippen LogP) is 3.28. The molecule has 0 saturated carbocycles. The van der Waals surface area contributed by atoms with Gasteiger partial charge in [-0.1, -0.05) is 38.5 Å². The molecule has 1 unspecified atom stereocenters. The zero-order valence-electron chi connectivity index (χ0n) is 10.3. The fourth-order valence-electron chi connectivity index (χ4n) is 1.59. The summed E-state index contributed by atoms with van der Waals surface area (Å²) in [6, 6.07) is 0.612. The van der Waals surface area contributed by atoms with Crippen LogP contribution in [0.4, 0.5) is 0 Å². The van der Waals surface area contributed by atoms with Gasteiger partial charge < -0.3 is 5.32 Å². The molecular formula is C12H24N2S. The van der Waals surface area contributed by atoms with Crippen molar-refractivity contribution in [2.24, 2.45) is 10.9 Å². The smallest absolute Gasteiger partial charge is 0.156 e. The second-order valence-electron chi connectivity index (χ2n) is 4.76. The molecule has 1 atom stereocenters. The number of rotatable bonds is 5. The molecule has 0 radical (unpaired) electrons. The van der Waals surface area contributed by atoms with Crippen LogP contribution in [0.3, 0.4) is 0 Å². The van der Waals surface area contributed by atoms with Crippen molar-refractivity contribution in [3.05, 3.63) is 0 Å². The topological polar surface area (TPSA) is 24.4 Å². The van der Waals surface area contributed by atoms with Crippen molar-refractivity contribution >= 4 is 16.9 Å². The minimum Gasteiger partial charge on any atom is -0.362 e. The molecule has 1 rings (SSSR count). The predicted molar refractivity (Wildman–Crippen MR) is 70.7 cm³/mol. The van der Waals surface area contributed by atoms with Crippen molar-refractivity contribution in [3.8, 4) is 0 Å². The largest absolute Gasteiger partial charge is 0.362 e. The highest BCUT2D eigenvalue weighted by Gasteiger charge is 2.12. The van der Waals surface area contributed by atoms with Gasteiger partial charge in [-0.25, -0.2) is 0 Å². The average Bonchev–Trinajstić information content (AvgIpc) is 2.17. The molecule has 88 valence electrons. The normalized spacial score (nSPS) is 24.5. The summed E-state index contributed by atoms with van der Waals surface area (Å²) in [4.78, 5) is 4.60. The van der Waals surface area contributed by atoms with Gasteiger partial charge in [-0.05, 0) is 25.7 Å². The monoisotopic (exact) mass is 228 g/mol. The summed E-state index contributed by atoms with van der Waals surface area (Å²) in [6.45, 7) is 7.79. The highest BCUT2D eigenvalue weighted by atomic mass is 32.2. The maximum atomic E-state index is 4.60. The molecule has 1 heterocycles. The van der Waals surface area contributed by atoms with Crippen LogP contribution in [0.1, 0.15) is 46.5 Å². The lowest BCUT2D eigenvalue weighted by atomic mass is 10.1. The number of thioether (sulfide) groups is 1. The minimum absolute atomic E-state index is 0.612. The van der Waals surface area contributed by atoms with Crippen LogP contribution in [-0.4, -0.2) is 23.5 Å². The maximum absolute atomic E-state index is 4.60. The molecule has 0 amide bonds. The Kier molecular flexibility index (Phi) is 6.15. The van der Waals surface area contributed by atoms with Crippen LogP contribution >= 0.6 is 11.8 Å². The number of unbranched alkanes of at least 4 members (excludes halogenated alkanes) is 1. The van der Waals surface area contributed by atoms with E-state index in [9.17, 15) is 0 Å².